The first-order valence-corrected chi connectivity index (χ1v) is 9.98. The lowest BCUT2D eigenvalue weighted by Crippen LogP contribution is -2.42. The average molecular weight is 397 g/mol. The van der Waals surface area contributed by atoms with Crippen LogP contribution in [0.4, 0.5) is 0 Å². The molecule has 2 rings (SSSR count). The minimum atomic E-state index is -3.48. The first-order valence-electron chi connectivity index (χ1n) is 6.93. The van der Waals surface area contributed by atoms with Crippen LogP contribution in [0.2, 0.25) is 0 Å². The first kappa shape index (κ1) is 17.4. The molecule has 0 spiro atoms. The fraction of sp³-hybridized carbons (Fsp3) is 0.692. The Bertz CT molecular complexity index is 568. The molecule has 0 aliphatic carbocycles. The SMILES string of the molecule is COCCN(CC1CCCN1)S(=O)(=O)c1cc(Br)sc1C. The van der Waals surface area contributed by atoms with Crippen LogP contribution in [0.15, 0.2) is 14.7 Å². The summed E-state index contributed by atoms with van der Waals surface area (Å²) in [5.74, 6) is 0. The highest BCUT2D eigenvalue weighted by Gasteiger charge is 2.30. The van der Waals surface area contributed by atoms with Gasteiger partial charge in [0.25, 0.3) is 0 Å². The molecule has 1 aliphatic rings. The van der Waals surface area contributed by atoms with E-state index in [1.807, 2.05) is 6.92 Å². The number of hydrogen-bond donors (Lipinski definition) is 1. The van der Waals surface area contributed by atoms with Gasteiger partial charge in [-0.05, 0) is 48.3 Å². The number of halogens is 1. The molecule has 1 aliphatic heterocycles. The van der Waals surface area contributed by atoms with Gasteiger partial charge in [0.1, 0.15) is 0 Å². The van der Waals surface area contributed by atoms with E-state index in [0.717, 1.165) is 28.0 Å². The van der Waals surface area contributed by atoms with Gasteiger partial charge in [0.2, 0.25) is 10.0 Å². The van der Waals surface area contributed by atoms with Crippen LogP contribution in [0.1, 0.15) is 17.7 Å². The number of rotatable bonds is 7. The van der Waals surface area contributed by atoms with E-state index in [9.17, 15) is 8.42 Å². The number of sulfonamides is 1. The van der Waals surface area contributed by atoms with Gasteiger partial charge in [0.15, 0.2) is 0 Å². The Hall–Kier alpha value is 0.01000. The standard InChI is InChI=1S/C13H21BrN2O3S2/c1-10-12(8-13(14)20-10)21(17,18)16(6-7-19-2)9-11-4-3-5-15-11/h8,11,15H,3-7,9H2,1-2H3. The number of nitrogens with one attached hydrogen (secondary N) is 1. The van der Waals surface area contributed by atoms with Gasteiger partial charge >= 0.3 is 0 Å². The molecule has 5 nitrogen and oxygen atoms in total. The highest BCUT2D eigenvalue weighted by atomic mass is 79.9. The third kappa shape index (κ3) is 4.27. The van der Waals surface area contributed by atoms with Crippen LogP contribution in [0.5, 0.6) is 0 Å². The van der Waals surface area contributed by atoms with Crippen molar-refractivity contribution in [3.05, 3.63) is 14.7 Å². The van der Waals surface area contributed by atoms with E-state index in [1.54, 1.807) is 17.5 Å². The van der Waals surface area contributed by atoms with Crippen molar-refractivity contribution < 1.29 is 13.2 Å². The minimum absolute atomic E-state index is 0.235. The molecule has 1 atom stereocenters. The Morgan fingerprint density at radius 1 is 1.57 bits per heavy atom. The summed E-state index contributed by atoms with van der Waals surface area (Å²) in [6.45, 7) is 4.08. The van der Waals surface area contributed by atoms with Crippen LogP contribution in [0, 0.1) is 6.92 Å². The second-order valence-corrected chi connectivity index (χ2v) is 9.66. The summed E-state index contributed by atoms with van der Waals surface area (Å²) in [5, 5.41) is 3.35. The Morgan fingerprint density at radius 3 is 2.86 bits per heavy atom. The highest BCUT2D eigenvalue weighted by Crippen LogP contribution is 2.31. The maximum atomic E-state index is 12.9. The zero-order valence-electron chi connectivity index (χ0n) is 12.3. The number of aryl methyl sites for hydroxylation is 1. The summed E-state index contributed by atoms with van der Waals surface area (Å²) < 4.78 is 33.2. The van der Waals surface area contributed by atoms with E-state index in [4.69, 9.17) is 4.74 Å². The Balaban J connectivity index is 2.22. The number of thiophene rings is 1. The second kappa shape index (κ2) is 7.52. The van der Waals surface area contributed by atoms with E-state index < -0.39 is 10.0 Å². The molecule has 1 unspecified atom stereocenters. The average Bonchev–Trinajstić information content (AvgIpc) is 3.04. The lowest BCUT2D eigenvalue weighted by atomic mass is 10.2. The minimum Gasteiger partial charge on any atom is -0.383 e. The number of ether oxygens (including phenoxy) is 1. The Kier molecular flexibility index (Phi) is 6.22. The summed E-state index contributed by atoms with van der Waals surface area (Å²) in [7, 11) is -1.89. The van der Waals surface area contributed by atoms with Gasteiger partial charge in [-0.15, -0.1) is 11.3 Å². The zero-order chi connectivity index (χ0) is 15.5. The van der Waals surface area contributed by atoms with Crippen molar-refractivity contribution in [2.45, 2.75) is 30.7 Å². The van der Waals surface area contributed by atoms with Gasteiger partial charge in [0.05, 0.1) is 15.3 Å². The van der Waals surface area contributed by atoms with Crippen molar-refractivity contribution in [3.63, 3.8) is 0 Å². The molecule has 21 heavy (non-hydrogen) atoms. The van der Waals surface area contributed by atoms with Crippen molar-refractivity contribution in [3.8, 4) is 0 Å². The third-order valence-electron chi connectivity index (χ3n) is 3.59. The predicted octanol–water partition coefficient (Wildman–Crippen LogP) is 2.21. The fourth-order valence-electron chi connectivity index (χ4n) is 2.49. The maximum absolute atomic E-state index is 12.9. The molecule has 8 heteroatoms. The lowest BCUT2D eigenvalue weighted by molar-refractivity contribution is 0.176. The van der Waals surface area contributed by atoms with Crippen molar-refractivity contribution in [1.82, 2.24) is 9.62 Å². The summed E-state index contributed by atoms with van der Waals surface area (Å²) in [6, 6.07) is 1.93. The topological polar surface area (TPSA) is 58.6 Å². The van der Waals surface area contributed by atoms with Crippen LogP contribution in [-0.2, 0) is 14.8 Å². The molecule has 0 bridgehead atoms. The molecule has 1 aromatic rings. The molecule has 1 saturated heterocycles. The number of methoxy groups -OCH3 is 1. The Labute approximate surface area is 138 Å². The van der Waals surface area contributed by atoms with Gasteiger partial charge in [-0.2, -0.15) is 4.31 Å². The van der Waals surface area contributed by atoms with Gasteiger partial charge in [-0.25, -0.2) is 8.42 Å². The van der Waals surface area contributed by atoms with E-state index in [2.05, 4.69) is 21.2 Å². The van der Waals surface area contributed by atoms with Gasteiger partial charge in [-0.1, -0.05) is 0 Å². The zero-order valence-corrected chi connectivity index (χ0v) is 15.5. The van der Waals surface area contributed by atoms with Gasteiger partial charge in [0, 0.05) is 31.1 Å². The quantitative estimate of drug-likeness (QED) is 0.767. The summed E-state index contributed by atoms with van der Waals surface area (Å²) >= 11 is 4.81. The first-order chi connectivity index (χ1) is 9.95. The fourth-order valence-corrected chi connectivity index (χ4v) is 6.34. The van der Waals surface area contributed by atoms with Gasteiger partial charge < -0.3 is 10.1 Å². The Morgan fingerprint density at radius 2 is 2.33 bits per heavy atom. The van der Waals surface area contributed by atoms with Crippen molar-refractivity contribution in [1.29, 1.82) is 0 Å². The van der Waals surface area contributed by atoms with E-state index in [1.165, 1.54) is 11.3 Å². The van der Waals surface area contributed by atoms with E-state index >= 15 is 0 Å². The van der Waals surface area contributed by atoms with Gasteiger partial charge in [-0.3, -0.25) is 0 Å². The van der Waals surface area contributed by atoms with Crippen molar-refractivity contribution in [2.75, 3.05) is 33.4 Å². The normalized spacial score (nSPS) is 19.5. The molecule has 0 saturated carbocycles. The second-order valence-electron chi connectivity index (χ2n) is 5.12. The van der Waals surface area contributed by atoms with Crippen LogP contribution in [0.3, 0.4) is 0 Å². The van der Waals surface area contributed by atoms with Crippen molar-refractivity contribution in [2.24, 2.45) is 0 Å². The molecule has 0 radical (unpaired) electrons. The van der Waals surface area contributed by atoms with E-state index in [-0.39, 0.29) is 6.04 Å². The summed E-state index contributed by atoms with van der Waals surface area (Å²) in [6.07, 6.45) is 2.12. The number of nitrogens with zero attached hydrogens (tertiary/aromatic N) is 1. The summed E-state index contributed by atoms with van der Waals surface area (Å²) in [5.41, 5.74) is 0. The molecule has 1 aromatic heterocycles. The molecule has 2 heterocycles. The molecular weight excluding hydrogens is 376 g/mol. The molecule has 0 aromatic carbocycles. The largest absolute Gasteiger partial charge is 0.383 e. The molecule has 1 fully saturated rings. The van der Waals surface area contributed by atoms with Crippen LogP contribution < -0.4 is 5.32 Å². The lowest BCUT2D eigenvalue weighted by Gasteiger charge is -2.25. The molecule has 1 N–H and O–H groups in total. The monoisotopic (exact) mass is 396 g/mol. The smallest absolute Gasteiger partial charge is 0.244 e. The maximum Gasteiger partial charge on any atom is 0.244 e. The predicted molar refractivity (Wildman–Crippen MR) is 88.4 cm³/mol. The summed E-state index contributed by atoms with van der Waals surface area (Å²) in [4.78, 5) is 1.21. The van der Waals surface area contributed by atoms with Crippen LogP contribution in [-0.4, -0.2) is 52.1 Å². The van der Waals surface area contributed by atoms with E-state index in [0.29, 0.717) is 24.6 Å². The van der Waals surface area contributed by atoms with Crippen LogP contribution >= 0.6 is 27.3 Å². The van der Waals surface area contributed by atoms with Crippen LogP contribution in [0.25, 0.3) is 0 Å². The molecule has 0 amide bonds. The molecule has 120 valence electrons. The third-order valence-corrected chi connectivity index (χ3v) is 7.27. The highest BCUT2D eigenvalue weighted by molar-refractivity contribution is 9.11. The number of hydrogen-bond acceptors (Lipinski definition) is 5. The molecular formula is C13H21BrN2O3S2. The van der Waals surface area contributed by atoms with Crippen molar-refractivity contribution >= 4 is 37.3 Å².